The molecule has 0 fully saturated rings. The standard InChI is InChI=1S/C12H9FN2O2/c13-10-4-2-1-3-8(10)7-5-9(12(16)17)11(14)15-6-7/h1-6H,(H2,14,15)(H,16,17). The zero-order valence-corrected chi connectivity index (χ0v) is 8.72. The van der Waals surface area contributed by atoms with E-state index >= 15 is 0 Å². The van der Waals surface area contributed by atoms with Crippen LogP contribution in [0.25, 0.3) is 11.1 Å². The van der Waals surface area contributed by atoms with Gasteiger partial charge in [-0.2, -0.15) is 0 Å². The summed E-state index contributed by atoms with van der Waals surface area (Å²) in [6, 6.07) is 7.38. The van der Waals surface area contributed by atoms with Gasteiger partial charge in [-0.05, 0) is 12.1 Å². The molecule has 0 aliphatic rings. The highest BCUT2D eigenvalue weighted by atomic mass is 19.1. The largest absolute Gasteiger partial charge is 0.478 e. The van der Waals surface area contributed by atoms with Crippen molar-refractivity contribution in [3.05, 3.63) is 47.9 Å². The van der Waals surface area contributed by atoms with Crippen LogP contribution in [-0.2, 0) is 0 Å². The lowest BCUT2D eigenvalue weighted by Gasteiger charge is -2.05. The number of hydrogen-bond acceptors (Lipinski definition) is 3. The minimum Gasteiger partial charge on any atom is -0.478 e. The van der Waals surface area contributed by atoms with Crippen LogP contribution in [0.5, 0.6) is 0 Å². The summed E-state index contributed by atoms with van der Waals surface area (Å²) in [5.41, 5.74) is 5.97. The monoisotopic (exact) mass is 232 g/mol. The first kappa shape index (κ1) is 11.1. The third kappa shape index (κ3) is 2.08. The molecule has 0 bridgehead atoms. The molecule has 17 heavy (non-hydrogen) atoms. The van der Waals surface area contributed by atoms with Crippen LogP contribution in [0, 0.1) is 5.82 Å². The van der Waals surface area contributed by atoms with Crippen molar-refractivity contribution in [3.63, 3.8) is 0 Å². The zero-order valence-electron chi connectivity index (χ0n) is 8.72. The molecule has 0 aliphatic carbocycles. The summed E-state index contributed by atoms with van der Waals surface area (Å²) in [6.07, 6.45) is 1.35. The van der Waals surface area contributed by atoms with Gasteiger partial charge in [-0.15, -0.1) is 0 Å². The van der Waals surface area contributed by atoms with Crippen LogP contribution in [0.1, 0.15) is 10.4 Å². The summed E-state index contributed by atoms with van der Waals surface area (Å²) < 4.78 is 13.5. The van der Waals surface area contributed by atoms with Gasteiger partial charge in [0.05, 0.1) is 0 Å². The molecule has 0 saturated carbocycles. The third-order valence-electron chi connectivity index (χ3n) is 2.33. The number of hydrogen-bond donors (Lipinski definition) is 2. The minimum absolute atomic E-state index is 0.0856. The van der Waals surface area contributed by atoms with Crippen molar-refractivity contribution in [2.24, 2.45) is 0 Å². The van der Waals surface area contributed by atoms with Crippen LogP contribution in [0.15, 0.2) is 36.5 Å². The van der Waals surface area contributed by atoms with Gasteiger partial charge in [0.1, 0.15) is 17.2 Å². The maximum absolute atomic E-state index is 13.5. The lowest BCUT2D eigenvalue weighted by Crippen LogP contribution is -2.04. The Bertz CT molecular complexity index is 584. The minimum atomic E-state index is -1.19. The summed E-state index contributed by atoms with van der Waals surface area (Å²) in [5, 5.41) is 8.89. The number of nitrogens with two attached hydrogens (primary N) is 1. The molecule has 1 aromatic carbocycles. The molecular weight excluding hydrogens is 223 g/mol. The summed E-state index contributed by atoms with van der Waals surface area (Å²) in [7, 11) is 0. The van der Waals surface area contributed by atoms with Crippen molar-refractivity contribution < 1.29 is 14.3 Å². The Morgan fingerprint density at radius 3 is 2.71 bits per heavy atom. The predicted octanol–water partition coefficient (Wildman–Crippen LogP) is 2.17. The van der Waals surface area contributed by atoms with Crippen molar-refractivity contribution in [2.45, 2.75) is 0 Å². The summed E-state index contributed by atoms with van der Waals surface area (Å²) in [5.74, 6) is -1.71. The molecule has 2 rings (SSSR count). The Morgan fingerprint density at radius 2 is 2.06 bits per heavy atom. The molecule has 0 amide bonds. The molecule has 0 spiro atoms. The topological polar surface area (TPSA) is 76.2 Å². The number of nitrogens with zero attached hydrogens (tertiary/aromatic N) is 1. The molecule has 86 valence electrons. The van der Waals surface area contributed by atoms with Crippen molar-refractivity contribution in [3.8, 4) is 11.1 Å². The van der Waals surface area contributed by atoms with Crippen LogP contribution in [0.2, 0.25) is 0 Å². The van der Waals surface area contributed by atoms with Gasteiger partial charge >= 0.3 is 5.97 Å². The smallest absolute Gasteiger partial charge is 0.339 e. The first-order valence-corrected chi connectivity index (χ1v) is 4.83. The average Bonchev–Trinajstić information content (AvgIpc) is 2.30. The van der Waals surface area contributed by atoms with E-state index in [0.29, 0.717) is 11.1 Å². The third-order valence-corrected chi connectivity index (χ3v) is 2.33. The highest BCUT2D eigenvalue weighted by molar-refractivity contribution is 5.94. The first-order valence-electron chi connectivity index (χ1n) is 4.83. The number of halogens is 1. The van der Waals surface area contributed by atoms with Gasteiger partial charge in [0.15, 0.2) is 0 Å². The number of anilines is 1. The molecule has 0 atom stereocenters. The van der Waals surface area contributed by atoms with E-state index in [1.54, 1.807) is 18.2 Å². The number of carboxylic acid groups (broad SMARTS) is 1. The normalized spacial score (nSPS) is 10.2. The van der Waals surface area contributed by atoms with Crippen LogP contribution < -0.4 is 5.73 Å². The molecule has 0 saturated heterocycles. The number of nitrogen functional groups attached to an aromatic ring is 1. The molecule has 3 N–H and O–H groups in total. The second-order valence-electron chi connectivity index (χ2n) is 3.44. The quantitative estimate of drug-likeness (QED) is 0.831. The van der Waals surface area contributed by atoms with Gasteiger partial charge in [-0.3, -0.25) is 0 Å². The Kier molecular flexibility index (Phi) is 2.74. The van der Waals surface area contributed by atoms with Gasteiger partial charge in [0, 0.05) is 17.3 Å². The highest BCUT2D eigenvalue weighted by Crippen LogP contribution is 2.24. The van der Waals surface area contributed by atoms with Crippen molar-refractivity contribution >= 4 is 11.8 Å². The maximum atomic E-state index is 13.5. The number of benzene rings is 1. The number of carboxylic acids is 1. The lowest BCUT2D eigenvalue weighted by molar-refractivity contribution is 0.0697. The molecule has 0 unspecified atom stereocenters. The lowest BCUT2D eigenvalue weighted by atomic mass is 10.1. The Morgan fingerprint density at radius 1 is 1.35 bits per heavy atom. The van der Waals surface area contributed by atoms with E-state index in [4.69, 9.17) is 10.8 Å². The van der Waals surface area contributed by atoms with Gasteiger partial charge in [0.25, 0.3) is 0 Å². The van der Waals surface area contributed by atoms with Crippen molar-refractivity contribution in [1.82, 2.24) is 4.98 Å². The maximum Gasteiger partial charge on any atom is 0.339 e. The fourth-order valence-corrected chi connectivity index (χ4v) is 1.49. The summed E-state index contributed by atoms with van der Waals surface area (Å²) in [6.45, 7) is 0. The van der Waals surface area contributed by atoms with Crippen LogP contribution >= 0.6 is 0 Å². The van der Waals surface area contributed by atoms with Gasteiger partial charge in [0.2, 0.25) is 0 Å². The molecule has 5 heteroatoms. The van der Waals surface area contributed by atoms with E-state index in [-0.39, 0.29) is 11.4 Å². The first-order chi connectivity index (χ1) is 8.09. The number of aromatic carboxylic acids is 1. The van der Waals surface area contributed by atoms with Crippen molar-refractivity contribution in [1.29, 1.82) is 0 Å². The van der Waals surface area contributed by atoms with Crippen LogP contribution in [0.3, 0.4) is 0 Å². The number of aromatic nitrogens is 1. The van der Waals surface area contributed by atoms with E-state index < -0.39 is 11.8 Å². The number of rotatable bonds is 2. The summed E-state index contributed by atoms with van der Waals surface area (Å²) in [4.78, 5) is 14.6. The highest BCUT2D eigenvalue weighted by Gasteiger charge is 2.12. The predicted molar refractivity (Wildman–Crippen MR) is 61.0 cm³/mol. The molecule has 0 radical (unpaired) electrons. The van der Waals surface area contributed by atoms with Gasteiger partial charge < -0.3 is 10.8 Å². The van der Waals surface area contributed by atoms with Crippen LogP contribution in [0.4, 0.5) is 10.2 Å². The fraction of sp³-hybridized carbons (Fsp3) is 0. The SMILES string of the molecule is Nc1ncc(-c2ccccc2F)cc1C(=O)O. The summed E-state index contributed by atoms with van der Waals surface area (Å²) >= 11 is 0. The van der Waals surface area contributed by atoms with E-state index in [9.17, 15) is 9.18 Å². The molecule has 1 aromatic heterocycles. The Hall–Kier alpha value is -2.43. The van der Waals surface area contributed by atoms with Gasteiger partial charge in [-0.1, -0.05) is 18.2 Å². The van der Waals surface area contributed by atoms with E-state index in [2.05, 4.69) is 4.98 Å². The van der Waals surface area contributed by atoms with Crippen LogP contribution in [-0.4, -0.2) is 16.1 Å². The molecule has 0 aliphatic heterocycles. The average molecular weight is 232 g/mol. The molecule has 4 nitrogen and oxygen atoms in total. The number of carbonyl (C=O) groups is 1. The van der Waals surface area contributed by atoms with E-state index in [1.807, 2.05) is 0 Å². The number of pyridine rings is 1. The zero-order chi connectivity index (χ0) is 12.4. The molecular formula is C12H9FN2O2. The fourth-order valence-electron chi connectivity index (χ4n) is 1.49. The second-order valence-corrected chi connectivity index (χ2v) is 3.44. The van der Waals surface area contributed by atoms with Gasteiger partial charge in [-0.25, -0.2) is 14.2 Å². The Balaban J connectivity index is 2.58. The van der Waals surface area contributed by atoms with E-state index in [1.165, 1.54) is 18.3 Å². The molecule has 2 aromatic rings. The van der Waals surface area contributed by atoms with E-state index in [0.717, 1.165) is 0 Å². The van der Waals surface area contributed by atoms with Crippen molar-refractivity contribution in [2.75, 3.05) is 5.73 Å². The molecule has 1 heterocycles. The Labute approximate surface area is 96.5 Å². The second kappa shape index (κ2) is 4.21.